The quantitative estimate of drug-likeness (QED) is 0.539. The van der Waals surface area contributed by atoms with Crippen LogP contribution < -0.4 is 10.2 Å². The number of benzene rings is 1. The molecule has 1 amide bonds. The third-order valence-corrected chi connectivity index (χ3v) is 6.80. The standard InChI is InChI=1S/C25H26N6O/c1-16-4-3-11-30(15-16)22-9-13-31(28-22)21-6-5-17(20-14-27-25(32)23(20)21)18-7-10-26-24-19(18)8-12-29(24)2/h5-10,12-13,16H,3-4,11,14-15H2,1-2H3,(H,27,32). The Balaban J connectivity index is 1.45. The second-order valence-corrected chi connectivity index (χ2v) is 9.00. The average Bonchev–Trinajstić information content (AvgIpc) is 3.53. The lowest BCUT2D eigenvalue weighted by atomic mass is 9.94. The van der Waals surface area contributed by atoms with Crippen LogP contribution in [-0.4, -0.2) is 38.3 Å². The zero-order valence-electron chi connectivity index (χ0n) is 18.4. The zero-order valence-corrected chi connectivity index (χ0v) is 18.4. The van der Waals surface area contributed by atoms with E-state index in [4.69, 9.17) is 5.10 Å². The monoisotopic (exact) mass is 426 g/mol. The third-order valence-electron chi connectivity index (χ3n) is 6.80. The Morgan fingerprint density at radius 3 is 2.88 bits per heavy atom. The van der Waals surface area contributed by atoms with Gasteiger partial charge in [-0.25, -0.2) is 9.67 Å². The summed E-state index contributed by atoms with van der Waals surface area (Å²) in [6.45, 7) is 4.88. The highest BCUT2D eigenvalue weighted by atomic mass is 16.1. The van der Waals surface area contributed by atoms with Crippen molar-refractivity contribution in [3.63, 3.8) is 0 Å². The summed E-state index contributed by atoms with van der Waals surface area (Å²) in [4.78, 5) is 19.7. The number of pyridine rings is 1. The van der Waals surface area contributed by atoms with Crippen LogP contribution in [0.3, 0.4) is 0 Å². The molecule has 1 atom stereocenters. The molecule has 32 heavy (non-hydrogen) atoms. The van der Waals surface area contributed by atoms with E-state index in [9.17, 15) is 4.79 Å². The van der Waals surface area contributed by atoms with Crippen LogP contribution in [0.2, 0.25) is 0 Å². The Kier molecular flexibility index (Phi) is 4.31. The van der Waals surface area contributed by atoms with Crippen LogP contribution in [0.1, 0.15) is 35.7 Å². The Bertz CT molecular complexity index is 1350. The number of aryl methyl sites for hydroxylation is 1. The predicted octanol–water partition coefficient (Wildman–Crippen LogP) is 3.91. The molecule has 0 radical (unpaired) electrons. The molecule has 7 nitrogen and oxygen atoms in total. The lowest BCUT2D eigenvalue weighted by Crippen LogP contribution is -2.34. The summed E-state index contributed by atoms with van der Waals surface area (Å²) in [6.07, 6.45) is 8.29. The van der Waals surface area contributed by atoms with Crippen LogP contribution in [0.5, 0.6) is 0 Å². The highest BCUT2D eigenvalue weighted by Gasteiger charge is 2.28. The number of rotatable bonds is 3. The number of nitrogens with one attached hydrogen (secondary N) is 1. The van der Waals surface area contributed by atoms with Gasteiger partial charge in [-0.05, 0) is 53.6 Å². The Morgan fingerprint density at radius 1 is 1.09 bits per heavy atom. The van der Waals surface area contributed by atoms with Gasteiger partial charge in [-0.15, -0.1) is 0 Å². The molecule has 0 spiro atoms. The molecule has 1 fully saturated rings. The molecule has 0 bridgehead atoms. The van der Waals surface area contributed by atoms with Gasteiger partial charge in [-0.2, -0.15) is 5.10 Å². The summed E-state index contributed by atoms with van der Waals surface area (Å²) in [6, 6.07) is 10.3. The smallest absolute Gasteiger partial charge is 0.254 e. The number of carbonyl (C=O) groups excluding carboxylic acids is 1. The molecule has 5 heterocycles. The molecule has 7 heteroatoms. The second kappa shape index (κ2) is 7.22. The fourth-order valence-electron chi connectivity index (χ4n) is 5.19. The van der Waals surface area contributed by atoms with Gasteiger partial charge in [0.05, 0.1) is 11.3 Å². The van der Waals surface area contributed by atoms with Gasteiger partial charge in [0.15, 0.2) is 5.82 Å². The van der Waals surface area contributed by atoms with Crippen molar-refractivity contribution in [3.8, 4) is 16.8 Å². The van der Waals surface area contributed by atoms with E-state index in [0.717, 1.165) is 52.3 Å². The van der Waals surface area contributed by atoms with Crippen molar-refractivity contribution in [2.45, 2.75) is 26.3 Å². The molecule has 1 saturated heterocycles. The minimum Gasteiger partial charge on any atom is -0.355 e. The molecule has 6 rings (SSSR count). The van der Waals surface area contributed by atoms with Crippen molar-refractivity contribution in [3.05, 3.63) is 60.0 Å². The first-order chi connectivity index (χ1) is 15.6. The summed E-state index contributed by atoms with van der Waals surface area (Å²) >= 11 is 0. The van der Waals surface area contributed by atoms with Crippen LogP contribution in [0, 0.1) is 5.92 Å². The van der Waals surface area contributed by atoms with E-state index in [0.29, 0.717) is 18.0 Å². The van der Waals surface area contributed by atoms with Crippen LogP contribution in [0.25, 0.3) is 27.8 Å². The Hall–Kier alpha value is -3.61. The van der Waals surface area contributed by atoms with Crippen LogP contribution >= 0.6 is 0 Å². The minimum atomic E-state index is -0.0427. The van der Waals surface area contributed by atoms with Crippen molar-refractivity contribution < 1.29 is 4.79 Å². The van der Waals surface area contributed by atoms with E-state index in [-0.39, 0.29) is 5.91 Å². The number of piperidine rings is 1. The SMILES string of the molecule is CC1CCCN(c2ccn(-c3ccc(-c4ccnc5c4ccn5C)c4c3C(=O)NC4)n2)C1. The number of carbonyl (C=O) groups is 1. The van der Waals surface area contributed by atoms with Gasteiger partial charge in [0.1, 0.15) is 5.65 Å². The normalized spacial score (nSPS) is 18.2. The van der Waals surface area contributed by atoms with E-state index in [2.05, 4.69) is 40.3 Å². The molecule has 2 aliphatic rings. The fraction of sp³-hybridized carbons (Fsp3) is 0.320. The molecule has 1 N–H and O–H groups in total. The zero-order chi connectivity index (χ0) is 21.8. The first kappa shape index (κ1) is 19.1. The fourth-order valence-corrected chi connectivity index (χ4v) is 5.19. The molecule has 0 saturated carbocycles. The first-order valence-electron chi connectivity index (χ1n) is 11.3. The highest BCUT2D eigenvalue weighted by Crippen LogP contribution is 2.36. The number of hydrogen-bond acceptors (Lipinski definition) is 4. The molecule has 4 aromatic rings. The number of nitrogens with zero attached hydrogens (tertiary/aromatic N) is 5. The third kappa shape index (κ3) is 2.92. The van der Waals surface area contributed by atoms with Gasteiger partial charge in [0.25, 0.3) is 5.91 Å². The summed E-state index contributed by atoms with van der Waals surface area (Å²) in [5.41, 5.74) is 5.66. The van der Waals surface area contributed by atoms with Gasteiger partial charge in [-0.1, -0.05) is 13.0 Å². The predicted molar refractivity (Wildman–Crippen MR) is 125 cm³/mol. The van der Waals surface area contributed by atoms with Crippen LogP contribution in [-0.2, 0) is 13.6 Å². The molecule has 162 valence electrons. The van der Waals surface area contributed by atoms with Crippen molar-refractivity contribution in [1.82, 2.24) is 24.6 Å². The van der Waals surface area contributed by atoms with E-state index in [1.165, 1.54) is 12.8 Å². The van der Waals surface area contributed by atoms with E-state index >= 15 is 0 Å². The van der Waals surface area contributed by atoms with Gasteiger partial charge < -0.3 is 14.8 Å². The highest BCUT2D eigenvalue weighted by molar-refractivity contribution is 6.05. The number of hydrogen-bond donors (Lipinski definition) is 1. The van der Waals surface area contributed by atoms with E-state index in [1.54, 1.807) is 0 Å². The maximum absolute atomic E-state index is 12.9. The Labute approximate surface area is 186 Å². The first-order valence-corrected chi connectivity index (χ1v) is 11.3. The van der Waals surface area contributed by atoms with Crippen molar-refractivity contribution in [1.29, 1.82) is 0 Å². The van der Waals surface area contributed by atoms with Crippen molar-refractivity contribution in [2.75, 3.05) is 18.0 Å². The Morgan fingerprint density at radius 2 is 2.00 bits per heavy atom. The summed E-state index contributed by atoms with van der Waals surface area (Å²) < 4.78 is 3.87. The van der Waals surface area contributed by atoms with Crippen LogP contribution in [0.15, 0.2) is 48.9 Å². The molecular weight excluding hydrogens is 400 g/mol. The summed E-state index contributed by atoms with van der Waals surface area (Å²) in [5, 5.41) is 8.97. The topological polar surface area (TPSA) is 68.0 Å². The summed E-state index contributed by atoms with van der Waals surface area (Å²) in [5.74, 6) is 1.62. The molecule has 1 unspecified atom stereocenters. The summed E-state index contributed by atoms with van der Waals surface area (Å²) in [7, 11) is 2.00. The van der Waals surface area contributed by atoms with Gasteiger partial charge in [0, 0.05) is 56.7 Å². The molecule has 0 aliphatic carbocycles. The van der Waals surface area contributed by atoms with E-state index < -0.39 is 0 Å². The van der Waals surface area contributed by atoms with Gasteiger partial charge in [0.2, 0.25) is 0 Å². The number of aromatic nitrogens is 4. The molecule has 1 aromatic carbocycles. The van der Waals surface area contributed by atoms with E-state index in [1.807, 2.05) is 47.0 Å². The van der Waals surface area contributed by atoms with Crippen molar-refractivity contribution >= 4 is 22.8 Å². The number of anilines is 1. The number of amides is 1. The minimum absolute atomic E-state index is 0.0427. The van der Waals surface area contributed by atoms with Gasteiger partial charge >= 0.3 is 0 Å². The molecular formula is C25H26N6O. The average molecular weight is 427 g/mol. The second-order valence-electron chi connectivity index (χ2n) is 9.00. The van der Waals surface area contributed by atoms with Crippen molar-refractivity contribution in [2.24, 2.45) is 13.0 Å². The van der Waals surface area contributed by atoms with Crippen LogP contribution in [0.4, 0.5) is 5.82 Å². The largest absolute Gasteiger partial charge is 0.355 e. The van der Waals surface area contributed by atoms with Gasteiger partial charge in [-0.3, -0.25) is 4.79 Å². The lowest BCUT2D eigenvalue weighted by Gasteiger charge is -2.30. The number of fused-ring (bicyclic) bond motifs is 2. The molecule has 2 aliphatic heterocycles. The molecule has 3 aromatic heterocycles. The lowest BCUT2D eigenvalue weighted by molar-refractivity contribution is 0.0965. The maximum atomic E-state index is 12.9. The maximum Gasteiger partial charge on any atom is 0.254 e.